The number of methoxy groups -OCH3 is 1. The van der Waals surface area contributed by atoms with Gasteiger partial charge >= 0.3 is 17.7 Å². The minimum absolute atomic E-state index is 0.183. The third-order valence-corrected chi connectivity index (χ3v) is 8.52. The number of benzene rings is 2. The predicted molar refractivity (Wildman–Crippen MR) is 177 cm³/mol. The normalized spacial score (nSPS) is 16.8. The lowest BCUT2D eigenvalue weighted by Gasteiger charge is -2.39. The first-order chi connectivity index (χ1) is 22.4. The molecule has 2 unspecified atom stereocenters. The molecule has 0 radical (unpaired) electrons. The van der Waals surface area contributed by atoms with Gasteiger partial charge in [0.1, 0.15) is 17.9 Å². The van der Waals surface area contributed by atoms with Crippen molar-refractivity contribution in [2.75, 3.05) is 46.2 Å². The van der Waals surface area contributed by atoms with Crippen LogP contribution in [0.3, 0.4) is 0 Å². The zero-order chi connectivity index (χ0) is 32.5. The summed E-state index contributed by atoms with van der Waals surface area (Å²) >= 11 is 0. The molecule has 0 bridgehead atoms. The van der Waals surface area contributed by atoms with Gasteiger partial charge in [-0.3, -0.25) is 14.3 Å². The van der Waals surface area contributed by atoms with Gasteiger partial charge in [-0.15, -0.1) is 0 Å². The maximum Gasteiger partial charge on any atom is 0.328 e. The highest BCUT2D eigenvalue weighted by Crippen LogP contribution is 2.26. The molecule has 0 amide bonds. The van der Waals surface area contributed by atoms with E-state index in [2.05, 4.69) is 56.4 Å². The molecule has 1 aliphatic heterocycles. The Morgan fingerprint density at radius 2 is 1.89 bits per heavy atom. The number of aromatic amines is 1. The topological polar surface area (TPSA) is 150 Å². The molecule has 1 saturated heterocycles. The number of nitrogen functional groups attached to an aromatic ring is 1. The van der Waals surface area contributed by atoms with Crippen LogP contribution in [0.1, 0.15) is 49.3 Å². The van der Waals surface area contributed by atoms with E-state index in [1.54, 1.807) is 4.57 Å². The number of H-pyrrole nitrogens is 1. The maximum absolute atomic E-state index is 12.8. The molecule has 5 rings (SSSR count). The van der Waals surface area contributed by atoms with Crippen molar-refractivity contribution in [2.45, 2.75) is 58.2 Å². The van der Waals surface area contributed by atoms with Crippen molar-refractivity contribution in [1.82, 2.24) is 29.7 Å². The average Bonchev–Trinajstić information content (AvgIpc) is 3.37. The molecule has 12 heteroatoms. The summed E-state index contributed by atoms with van der Waals surface area (Å²) in [5.41, 5.74) is 9.83. The van der Waals surface area contributed by atoms with Gasteiger partial charge in [-0.1, -0.05) is 49.7 Å². The Labute approximate surface area is 269 Å². The molecule has 0 saturated carbocycles. The second-order valence-corrected chi connectivity index (χ2v) is 11.8. The number of unbranched alkanes of at least 4 members (excludes halogenated alkanes) is 1. The number of ether oxygens (including phenoxy) is 3. The van der Waals surface area contributed by atoms with Crippen LogP contribution in [-0.2, 0) is 28.9 Å². The molecule has 3 heterocycles. The number of rotatable bonds is 15. The lowest BCUT2D eigenvalue weighted by molar-refractivity contribution is -0.139. The SMILES string of the molecule is CCCCOc1nc(N)c2[nH]c(=O)n(Cc3ccc(CC4CCN(CCOc5cccc(CC(=O)OC)c5)C(NC)C4)cc3)c2n1. The molecule has 0 aliphatic carbocycles. The van der Waals surface area contributed by atoms with E-state index in [9.17, 15) is 9.59 Å². The van der Waals surface area contributed by atoms with Gasteiger partial charge in [-0.25, -0.2) is 4.79 Å². The van der Waals surface area contributed by atoms with E-state index in [0.29, 0.717) is 36.8 Å². The van der Waals surface area contributed by atoms with Crippen molar-refractivity contribution in [2.24, 2.45) is 5.92 Å². The zero-order valence-corrected chi connectivity index (χ0v) is 27.0. The molecule has 4 N–H and O–H groups in total. The Balaban J connectivity index is 1.13. The minimum Gasteiger partial charge on any atom is -0.492 e. The van der Waals surface area contributed by atoms with Crippen LogP contribution in [0.25, 0.3) is 11.2 Å². The number of carbonyl (C=O) groups is 1. The Morgan fingerprint density at radius 1 is 1.09 bits per heavy atom. The lowest BCUT2D eigenvalue weighted by atomic mass is 9.88. The summed E-state index contributed by atoms with van der Waals surface area (Å²) in [5, 5.41) is 3.49. The second kappa shape index (κ2) is 15.7. The van der Waals surface area contributed by atoms with Gasteiger partial charge in [-0.05, 0) is 67.5 Å². The van der Waals surface area contributed by atoms with Crippen molar-refractivity contribution in [3.63, 3.8) is 0 Å². The fraction of sp³-hybridized carbons (Fsp3) is 0.471. The van der Waals surface area contributed by atoms with Crippen LogP contribution in [0.5, 0.6) is 11.8 Å². The zero-order valence-electron chi connectivity index (χ0n) is 27.0. The van der Waals surface area contributed by atoms with E-state index in [0.717, 1.165) is 62.1 Å². The van der Waals surface area contributed by atoms with Crippen LogP contribution in [0.4, 0.5) is 5.82 Å². The van der Waals surface area contributed by atoms with E-state index in [4.69, 9.17) is 19.9 Å². The first-order valence-corrected chi connectivity index (χ1v) is 16.0. The smallest absolute Gasteiger partial charge is 0.328 e. The average molecular weight is 632 g/mol. The molecule has 0 spiro atoms. The highest BCUT2D eigenvalue weighted by Gasteiger charge is 2.27. The largest absolute Gasteiger partial charge is 0.492 e. The Kier molecular flexibility index (Phi) is 11.3. The number of imidazole rings is 1. The first kappa shape index (κ1) is 33.0. The number of fused-ring (bicyclic) bond motifs is 1. The maximum atomic E-state index is 12.8. The fourth-order valence-corrected chi connectivity index (χ4v) is 5.95. The van der Waals surface area contributed by atoms with E-state index >= 15 is 0 Å². The quantitative estimate of drug-likeness (QED) is 0.131. The van der Waals surface area contributed by atoms with Crippen LogP contribution in [0.15, 0.2) is 53.3 Å². The molecule has 12 nitrogen and oxygen atoms in total. The van der Waals surface area contributed by atoms with Crippen molar-refractivity contribution in [1.29, 1.82) is 0 Å². The number of likely N-dealkylation sites (tertiary alicyclic amines) is 1. The van der Waals surface area contributed by atoms with Crippen molar-refractivity contribution in [3.05, 3.63) is 75.7 Å². The van der Waals surface area contributed by atoms with Gasteiger partial charge in [0.25, 0.3) is 0 Å². The van der Waals surface area contributed by atoms with Gasteiger partial charge in [-0.2, -0.15) is 9.97 Å². The molecule has 2 atom stereocenters. The first-order valence-electron chi connectivity index (χ1n) is 16.0. The van der Waals surface area contributed by atoms with E-state index in [-0.39, 0.29) is 36.1 Å². The summed E-state index contributed by atoms with van der Waals surface area (Å²) < 4.78 is 18.0. The third-order valence-electron chi connectivity index (χ3n) is 8.52. The number of nitrogens with one attached hydrogen (secondary N) is 2. The van der Waals surface area contributed by atoms with Crippen LogP contribution in [0.2, 0.25) is 0 Å². The molecule has 4 aromatic rings. The van der Waals surface area contributed by atoms with Gasteiger partial charge in [0.05, 0.1) is 32.8 Å². The Bertz CT molecular complexity index is 1650. The molecule has 2 aromatic heterocycles. The lowest BCUT2D eigenvalue weighted by Crippen LogP contribution is -2.51. The number of piperidine rings is 1. The highest BCUT2D eigenvalue weighted by atomic mass is 16.5. The van der Waals surface area contributed by atoms with Gasteiger partial charge < -0.3 is 30.2 Å². The van der Waals surface area contributed by atoms with E-state index in [1.807, 2.05) is 31.3 Å². The summed E-state index contributed by atoms with van der Waals surface area (Å²) in [4.78, 5) is 38.3. The number of esters is 1. The summed E-state index contributed by atoms with van der Waals surface area (Å²) in [6, 6.07) is 16.2. The number of anilines is 1. The summed E-state index contributed by atoms with van der Waals surface area (Å²) in [6.45, 7) is 5.30. The summed E-state index contributed by atoms with van der Waals surface area (Å²) in [5.74, 6) is 1.24. The summed E-state index contributed by atoms with van der Waals surface area (Å²) in [7, 11) is 3.41. The monoisotopic (exact) mass is 631 g/mol. The van der Waals surface area contributed by atoms with Crippen molar-refractivity contribution >= 4 is 23.0 Å². The number of nitrogens with two attached hydrogens (primary N) is 1. The molecule has 2 aromatic carbocycles. The van der Waals surface area contributed by atoms with Gasteiger partial charge in [0.2, 0.25) is 0 Å². The Hall–Kier alpha value is -4.42. The number of nitrogens with zero attached hydrogens (tertiary/aromatic N) is 4. The predicted octanol–water partition coefficient (Wildman–Crippen LogP) is 3.52. The number of carbonyl (C=O) groups excluding carboxylic acids is 1. The summed E-state index contributed by atoms with van der Waals surface area (Å²) in [6.07, 6.45) is 5.51. The molecular formula is C34H45N7O5. The molecule has 246 valence electrons. The molecule has 46 heavy (non-hydrogen) atoms. The van der Waals surface area contributed by atoms with Gasteiger partial charge in [0, 0.05) is 13.1 Å². The second-order valence-electron chi connectivity index (χ2n) is 11.8. The number of hydrogen-bond acceptors (Lipinski definition) is 10. The molecular weight excluding hydrogens is 586 g/mol. The van der Waals surface area contributed by atoms with Crippen LogP contribution < -0.4 is 26.2 Å². The molecule has 1 aliphatic rings. The number of hydrogen-bond donors (Lipinski definition) is 3. The highest BCUT2D eigenvalue weighted by molar-refractivity contribution is 5.82. The standard InChI is InChI=1S/C34H45N7O5/c1-4-5-16-46-33-38-31(35)30-32(39-33)41(34(43)37-30)22-24-11-9-23(10-12-24)18-26-13-14-40(28(20-26)36-2)15-17-45-27-8-6-7-25(19-27)21-29(42)44-3/h6-12,19,26,28,36H,4-5,13-18,20-22H2,1-3H3,(H,37,43)(H2,35,38,39). The van der Waals surface area contributed by atoms with Crippen LogP contribution in [-0.4, -0.2) is 77.0 Å². The number of aromatic nitrogens is 4. The third kappa shape index (κ3) is 8.43. The molecule has 1 fully saturated rings. The fourth-order valence-electron chi connectivity index (χ4n) is 5.95. The minimum atomic E-state index is -0.284. The van der Waals surface area contributed by atoms with E-state index in [1.165, 1.54) is 12.7 Å². The van der Waals surface area contributed by atoms with Crippen molar-refractivity contribution < 1.29 is 19.0 Å². The Morgan fingerprint density at radius 3 is 2.65 bits per heavy atom. The van der Waals surface area contributed by atoms with Crippen LogP contribution in [0, 0.1) is 5.92 Å². The van der Waals surface area contributed by atoms with Crippen LogP contribution >= 0.6 is 0 Å². The van der Waals surface area contributed by atoms with Gasteiger partial charge in [0.15, 0.2) is 11.5 Å². The van der Waals surface area contributed by atoms with Crippen molar-refractivity contribution in [3.8, 4) is 11.8 Å². The van der Waals surface area contributed by atoms with E-state index < -0.39 is 0 Å².